The first-order chi connectivity index (χ1) is 10.6. The molecule has 0 aliphatic heterocycles. The van der Waals surface area contributed by atoms with E-state index in [2.05, 4.69) is 10.4 Å². The number of alkyl halides is 2. The molecule has 1 amide bonds. The Balaban J connectivity index is 1.77. The van der Waals surface area contributed by atoms with Crippen molar-refractivity contribution in [2.75, 3.05) is 5.43 Å². The van der Waals surface area contributed by atoms with E-state index in [1.54, 1.807) is 0 Å². The SMILES string of the molecule is O=C(Nn1cnc2ccccc21)c1ccc(SC(F)F)cc1. The maximum Gasteiger partial charge on any atom is 0.288 e. The van der Waals surface area contributed by atoms with E-state index in [1.165, 1.54) is 35.3 Å². The molecule has 0 radical (unpaired) electrons. The Morgan fingerprint density at radius 1 is 1.14 bits per heavy atom. The highest BCUT2D eigenvalue weighted by Gasteiger charge is 2.10. The zero-order chi connectivity index (χ0) is 15.5. The molecule has 0 saturated heterocycles. The summed E-state index contributed by atoms with van der Waals surface area (Å²) in [6, 6.07) is 13.4. The molecule has 0 saturated carbocycles. The van der Waals surface area contributed by atoms with Gasteiger partial charge in [-0.1, -0.05) is 23.9 Å². The maximum atomic E-state index is 12.3. The van der Waals surface area contributed by atoms with Crippen LogP contribution in [0.4, 0.5) is 8.78 Å². The van der Waals surface area contributed by atoms with Gasteiger partial charge in [-0.3, -0.25) is 10.2 Å². The molecule has 1 heterocycles. The average Bonchev–Trinajstić information content (AvgIpc) is 2.91. The quantitative estimate of drug-likeness (QED) is 0.745. The minimum Gasteiger partial charge on any atom is -0.267 e. The zero-order valence-electron chi connectivity index (χ0n) is 11.2. The molecule has 112 valence electrons. The molecule has 4 nitrogen and oxygen atoms in total. The van der Waals surface area contributed by atoms with Crippen molar-refractivity contribution in [2.24, 2.45) is 0 Å². The first kappa shape index (κ1) is 14.5. The van der Waals surface area contributed by atoms with Crippen LogP contribution in [0.2, 0.25) is 0 Å². The molecule has 0 aliphatic rings. The Hall–Kier alpha value is -2.41. The number of aromatic nitrogens is 2. The number of hydrogen-bond acceptors (Lipinski definition) is 3. The Morgan fingerprint density at radius 2 is 1.86 bits per heavy atom. The van der Waals surface area contributed by atoms with Crippen molar-refractivity contribution in [1.29, 1.82) is 0 Å². The lowest BCUT2D eigenvalue weighted by Crippen LogP contribution is -2.21. The summed E-state index contributed by atoms with van der Waals surface area (Å²) in [6.07, 6.45) is 1.52. The molecule has 1 N–H and O–H groups in total. The van der Waals surface area contributed by atoms with E-state index in [9.17, 15) is 13.6 Å². The fourth-order valence-corrected chi connectivity index (χ4v) is 2.51. The second kappa shape index (κ2) is 6.15. The predicted molar refractivity (Wildman–Crippen MR) is 81.7 cm³/mol. The van der Waals surface area contributed by atoms with Crippen LogP contribution in [-0.2, 0) is 0 Å². The summed E-state index contributed by atoms with van der Waals surface area (Å²) in [4.78, 5) is 16.8. The summed E-state index contributed by atoms with van der Waals surface area (Å²) in [6.45, 7) is 0. The van der Waals surface area contributed by atoms with Gasteiger partial charge in [-0.15, -0.1) is 0 Å². The average molecular weight is 319 g/mol. The van der Waals surface area contributed by atoms with Crippen molar-refractivity contribution in [3.63, 3.8) is 0 Å². The highest BCUT2D eigenvalue weighted by molar-refractivity contribution is 7.99. The number of nitrogens with one attached hydrogen (secondary N) is 1. The van der Waals surface area contributed by atoms with Crippen LogP contribution in [0.25, 0.3) is 11.0 Å². The molecule has 0 atom stereocenters. The monoisotopic (exact) mass is 319 g/mol. The number of hydrogen-bond donors (Lipinski definition) is 1. The van der Waals surface area contributed by atoms with E-state index < -0.39 is 5.76 Å². The number of para-hydroxylation sites is 2. The number of amides is 1. The van der Waals surface area contributed by atoms with Crippen LogP contribution in [0.1, 0.15) is 10.4 Å². The Morgan fingerprint density at radius 3 is 2.59 bits per heavy atom. The Labute approximate surface area is 129 Å². The largest absolute Gasteiger partial charge is 0.288 e. The third-order valence-electron chi connectivity index (χ3n) is 3.02. The fourth-order valence-electron chi connectivity index (χ4n) is 2.01. The molecule has 3 aromatic rings. The second-order valence-corrected chi connectivity index (χ2v) is 5.51. The summed E-state index contributed by atoms with van der Waals surface area (Å²) < 4.78 is 26.0. The molecule has 0 aliphatic carbocycles. The van der Waals surface area contributed by atoms with E-state index in [4.69, 9.17) is 0 Å². The highest BCUT2D eigenvalue weighted by atomic mass is 32.2. The lowest BCUT2D eigenvalue weighted by Gasteiger charge is -2.07. The Kier molecular flexibility index (Phi) is 4.06. The van der Waals surface area contributed by atoms with Gasteiger partial charge >= 0.3 is 0 Å². The molecular weight excluding hydrogens is 308 g/mol. The van der Waals surface area contributed by atoms with Gasteiger partial charge in [-0.25, -0.2) is 9.66 Å². The minimum absolute atomic E-state index is 0.336. The summed E-state index contributed by atoms with van der Waals surface area (Å²) in [5.41, 5.74) is 4.64. The molecular formula is C15H11F2N3OS. The third-order valence-corrected chi connectivity index (χ3v) is 3.74. The molecule has 0 bridgehead atoms. The highest BCUT2D eigenvalue weighted by Crippen LogP contribution is 2.25. The Bertz CT molecular complexity index is 802. The predicted octanol–water partition coefficient (Wildman–Crippen LogP) is 3.73. The summed E-state index contributed by atoms with van der Waals surface area (Å²) in [7, 11) is 0. The van der Waals surface area contributed by atoms with E-state index in [0.29, 0.717) is 22.2 Å². The van der Waals surface area contributed by atoms with Crippen LogP contribution in [0.15, 0.2) is 59.8 Å². The third kappa shape index (κ3) is 3.09. The topological polar surface area (TPSA) is 46.9 Å². The van der Waals surface area contributed by atoms with Gasteiger partial charge < -0.3 is 0 Å². The van der Waals surface area contributed by atoms with Crippen molar-refractivity contribution in [2.45, 2.75) is 10.7 Å². The van der Waals surface area contributed by atoms with Crippen molar-refractivity contribution >= 4 is 28.7 Å². The lowest BCUT2D eigenvalue weighted by molar-refractivity contribution is 0.101. The van der Waals surface area contributed by atoms with Crippen molar-refractivity contribution in [3.8, 4) is 0 Å². The molecule has 7 heteroatoms. The first-order valence-corrected chi connectivity index (χ1v) is 7.30. The number of imidazole rings is 1. The first-order valence-electron chi connectivity index (χ1n) is 6.42. The number of nitrogens with zero attached hydrogens (tertiary/aromatic N) is 2. The minimum atomic E-state index is -2.48. The molecule has 1 aromatic heterocycles. The molecule has 3 rings (SSSR count). The van der Waals surface area contributed by atoms with E-state index in [-0.39, 0.29) is 5.91 Å². The van der Waals surface area contributed by atoms with Gasteiger partial charge in [-0.05, 0) is 36.4 Å². The van der Waals surface area contributed by atoms with Gasteiger partial charge in [0.15, 0.2) is 0 Å². The number of thioether (sulfide) groups is 1. The van der Waals surface area contributed by atoms with Gasteiger partial charge in [-0.2, -0.15) is 8.78 Å². The van der Waals surface area contributed by atoms with Crippen molar-refractivity contribution < 1.29 is 13.6 Å². The van der Waals surface area contributed by atoms with Crippen LogP contribution in [0, 0.1) is 0 Å². The van der Waals surface area contributed by atoms with Gasteiger partial charge in [0.25, 0.3) is 11.7 Å². The van der Waals surface area contributed by atoms with Crippen LogP contribution in [0.5, 0.6) is 0 Å². The second-order valence-electron chi connectivity index (χ2n) is 4.45. The van der Waals surface area contributed by atoms with Crippen molar-refractivity contribution in [3.05, 3.63) is 60.4 Å². The summed E-state index contributed by atoms with van der Waals surface area (Å²) in [5.74, 6) is -2.81. The molecule has 0 fully saturated rings. The zero-order valence-corrected chi connectivity index (χ0v) is 12.1. The standard InChI is InChI=1S/C15H11F2N3OS/c16-15(17)22-11-7-5-10(6-8-11)14(21)19-20-9-18-12-3-1-2-4-13(12)20/h1-9,15H,(H,19,21). The van der Waals surface area contributed by atoms with Crippen LogP contribution < -0.4 is 5.43 Å². The van der Waals surface area contributed by atoms with Crippen LogP contribution in [0.3, 0.4) is 0 Å². The number of benzene rings is 2. The normalized spacial score (nSPS) is 11.0. The molecule has 0 spiro atoms. The van der Waals surface area contributed by atoms with Crippen LogP contribution in [-0.4, -0.2) is 21.3 Å². The van der Waals surface area contributed by atoms with Gasteiger partial charge in [0.2, 0.25) is 0 Å². The fraction of sp³-hybridized carbons (Fsp3) is 0.0667. The van der Waals surface area contributed by atoms with Gasteiger partial charge in [0.1, 0.15) is 6.33 Å². The number of carbonyl (C=O) groups excluding carboxylic acids is 1. The van der Waals surface area contributed by atoms with E-state index in [1.807, 2.05) is 24.3 Å². The van der Waals surface area contributed by atoms with E-state index >= 15 is 0 Å². The smallest absolute Gasteiger partial charge is 0.267 e. The number of fused-ring (bicyclic) bond motifs is 1. The number of halogens is 2. The molecule has 2 aromatic carbocycles. The number of carbonyl (C=O) groups is 1. The number of rotatable bonds is 4. The van der Waals surface area contributed by atoms with Gasteiger partial charge in [0.05, 0.1) is 11.0 Å². The van der Waals surface area contributed by atoms with Crippen LogP contribution >= 0.6 is 11.8 Å². The summed E-state index contributed by atoms with van der Waals surface area (Å²) >= 11 is 0.446. The van der Waals surface area contributed by atoms with E-state index in [0.717, 1.165) is 11.0 Å². The maximum absolute atomic E-state index is 12.3. The lowest BCUT2D eigenvalue weighted by atomic mass is 10.2. The molecule has 0 unspecified atom stereocenters. The van der Waals surface area contributed by atoms with Gasteiger partial charge in [0, 0.05) is 10.5 Å². The molecule has 22 heavy (non-hydrogen) atoms. The van der Waals surface area contributed by atoms with Crippen molar-refractivity contribution in [1.82, 2.24) is 9.66 Å². The summed E-state index contributed by atoms with van der Waals surface area (Å²) in [5, 5.41) is 0.